The largest absolute Gasteiger partial charge is 0.506 e. The van der Waals surface area contributed by atoms with Gasteiger partial charge in [0.05, 0.1) is 31.8 Å². The number of nitrogens with two attached hydrogens (primary N) is 1. The van der Waals surface area contributed by atoms with Crippen LogP contribution in [0, 0.1) is 52.8 Å². The lowest BCUT2D eigenvalue weighted by Crippen LogP contribution is -2.64. The van der Waals surface area contributed by atoms with Crippen molar-refractivity contribution in [2.45, 2.75) is 84.0 Å². The minimum Gasteiger partial charge on any atom is -0.481 e. The van der Waals surface area contributed by atoms with E-state index in [1.54, 1.807) is 6.08 Å². The first-order valence-corrected chi connectivity index (χ1v) is 16.1. The molecule has 3 saturated carbocycles. The summed E-state index contributed by atoms with van der Waals surface area (Å²) >= 11 is 0. The second-order valence-corrected chi connectivity index (χ2v) is 14.1. The van der Waals surface area contributed by atoms with Crippen LogP contribution >= 0.6 is 0 Å². The molecule has 42 heavy (non-hydrogen) atoms. The molecule has 1 heterocycles. The van der Waals surface area contributed by atoms with Gasteiger partial charge in [-0.2, -0.15) is 0 Å². The smallest absolute Gasteiger partial charge is 0.481 e. The lowest BCUT2D eigenvalue weighted by Gasteiger charge is -2.62. The van der Waals surface area contributed by atoms with E-state index in [1.807, 2.05) is 6.92 Å². The van der Waals surface area contributed by atoms with Crippen LogP contribution < -0.4 is 11.1 Å². The molecular formula is C32H50N2O8. The fourth-order valence-electron chi connectivity index (χ4n) is 9.65. The van der Waals surface area contributed by atoms with Crippen molar-refractivity contribution in [1.29, 1.82) is 0 Å². The minimum atomic E-state index is -1.33. The lowest BCUT2D eigenvalue weighted by molar-refractivity contribution is -0.218. The van der Waals surface area contributed by atoms with Gasteiger partial charge in [-0.25, -0.2) is 4.79 Å². The maximum absolute atomic E-state index is 13.9. The fraction of sp³-hybridized carbons (Fsp3) is 0.844. The molecule has 2 bridgehead atoms. The Bertz CT molecular complexity index is 1050. The van der Waals surface area contributed by atoms with E-state index in [0.29, 0.717) is 38.7 Å². The van der Waals surface area contributed by atoms with E-state index in [1.165, 1.54) is 0 Å². The number of nitrogens with one attached hydrogen (secondary N) is 1. The van der Waals surface area contributed by atoms with E-state index in [2.05, 4.69) is 19.2 Å². The first kappa shape index (κ1) is 31.4. The third-order valence-electron chi connectivity index (χ3n) is 11.1. The van der Waals surface area contributed by atoms with E-state index >= 15 is 0 Å². The predicted molar refractivity (Wildman–Crippen MR) is 155 cm³/mol. The van der Waals surface area contributed by atoms with E-state index in [-0.39, 0.29) is 41.4 Å². The molecular weight excluding hydrogens is 540 g/mol. The van der Waals surface area contributed by atoms with Crippen molar-refractivity contribution < 1.29 is 38.8 Å². The van der Waals surface area contributed by atoms with Gasteiger partial charge in [0, 0.05) is 23.3 Å². The lowest BCUT2D eigenvalue weighted by atomic mass is 9.45. The molecule has 0 aromatic carbocycles. The van der Waals surface area contributed by atoms with Gasteiger partial charge in [-0.1, -0.05) is 19.4 Å². The van der Waals surface area contributed by atoms with Crippen molar-refractivity contribution in [3.8, 4) is 0 Å². The van der Waals surface area contributed by atoms with Gasteiger partial charge >= 0.3 is 12.1 Å². The fourth-order valence-corrected chi connectivity index (χ4v) is 9.65. The highest BCUT2D eigenvalue weighted by Gasteiger charge is 2.64. The van der Waals surface area contributed by atoms with Gasteiger partial charge in [0.2, 0.25) is 0 Å². The quantitative estimate of drug-likeness (QED) is 0.206. The van der Waals surface area contributed by atoms with Crippen LogP contribution in [0.15, 0.2) is 11.6 Å². The summed E-state index contributed by atoms with van der Waals surface area (Å²) in [6.45, 7) is 8.94. The van der Waals surface area contributed by atoms with E-state index < -0.39 is 41.6 Å². The summed E-state index contributed by atoms with van der Waals surface area (Å²) in [5.41, 5.74) is 6.16. The molecule has 5 aliphatic rings. The Hall–Kier alpha value is -2.01. The maximum atomic E-state index is 13.9. The van der Waals surface area contributed by atoms with Crippen LogP contribution in [-0.4, -0.2) is 79.3 Å². The monoisotopic (exact) mass is 590 g/mol. The second-order valence-electron chi connectivity index (χ2n) is 14.1. The Balaban J connectivity index is 1.43. The van der Waals surface area contributed by atoms with Gasteiger partial charge in [-0.3, -0.25) is 9.59 Å². The molecule has 4 fully saturated rings. The van der Waals surface area contributed by atoms with E-state index in [9.17, 15) is 24.6 Å². The van der Waals surface area contributed by atoms with Crippen LogP contribution in [-0.2, 0) is 23.8 Å². The molecule has 0 radical (unpaired) electrons. The number of fused-ring (bicyclic) bond motifs is 3. The molecule has 11 atom stereocenters. The first-order valence-electron chi connectivity index (χ1n) is 16.1. The summed E-state index contributed by atoms with van der Waals surface area (Å²) < 4.78 is 18.2. The number of ether oxygens (including phenoxy) is 3. The summed E-state index contributed by atoms with van der Waals surface area (Å²) in [5.74, 6) is -1.49. The third kappa shape index (κ3) is 5.88. The maximum Gasteiger partial charge on any atom is 0.506 e. The minimum absolute atomic E-state index is 0.00710. The van der Waals surface area contributed by atoms with Crippen LogP contribution in [0.4, 0.5) is 4.79 Å². The van der Waals surface area contributed by atoms with Crippen LogP contribution in [0.5, 0.6) is 0 Å². The van der Waals surface area contributed by atoms with Gasteiger partial charge in [0.25, 0.3) is 0 Å². The summed E-state index contributed by atoms with van der Waals surface area (Å²) in [6.07, 6.45) is 4.89. The highest BCUT2D eigenvalue weighted by molar-refractivity contribution is 5.97. The van der Waals surface area contributed by atoms with Crippen molar-refractivity contribution in [3.05, 3.63) is 11.6 Å². The summed E-state index contributed by atoms with van der Waals surface area (Å²) in [4.78, 5) is 38.4. The van der Waals surface area contributed by atoms with Crippen molar-refractivity contribution >= 4 is 17.9 Å². The van der Waals surface area contributed by atoms with E-state index in [0.717, 1.165) is 50.6 Å². The first-order chi connectivity index (χ1) is 20.1. The highest BCUT2D eigenvalue weighted by Crippen LogP contribution is 2.64. The normalized spacial score (nSPS) is 39.9. The predicted octanol–water partition coefficient (Wildman–Crippen LogP) is 3.72. The number of carbonyl (C=O) groups excluding carboxylic acids is 1. The molecule has 10 nitrogen and oxygen atoms in total. The number of hydrogen-bond acceptors (Lipinski definition) is 8. The molecule has 0 amide bonds. The zero-order chi connectivity index (χ0) is 30.2. The van der Waals surface area contributed by atoms with Crippen LogP contribution in [0.2, 0.25) is 0 Å². The SMILES string of the molecule is CC(C)CC1CCC2C3CCC4C5COC[C@@]4(C[C@@H](OC(=O)O)[C@@H]5OCC(C)NCCCN)C3=CC(=O)C2[C@@H]1C(=O)O. The van der Waals surface area contributed by atoms with Crippen LogP contribution in [0.25, 0.3) is 0 Å². The zero-order valence-electron chi connectivity index (χ0n) is 25.3. The third-order valence-corrected chi connectivity index (χ3v) is 11.1. The van der Waals surface area contributed by atoms with Gasteiger partial charge in [-0.15, -0.1) is 0 Å². The van der Waals surface area contributed by atoms with Crippen molar-refractivity contribution in [3.63, 3.8) is 0 Å². The molecule has 236 valence electrons. The molecule has 0 aromatic rings. The number of aliphatic carboxylic acids is 1. The van der Waals surface area contributed by atoms with Crippen LogP contribution in [0.3, 0.4) is 0 Å². The van der Waals surface area contributed by atoms with Gasteiger partial charge < -0.3 is 35.5 Å². The molecule has 10 heteroatoms. The summed E-state index contributed by atoms with van der Waals surface area (Å²) in [7, 11) is 0. The van der Waals surface area contributed by atoms with Crippen LogP contribution in [0.1, 0.15) is 65.7 Å². The molecule has 7 unspecified atom stereocenters. The van der Waals surface area contributed by atoms with Gasteiger partial charge in [0.1, 0.15) is 6.10 Å². The highest BCUT2D eigenvalue weighted by atomic mass is 16.7. The Morgan fingerprint density at radius 2 is 1.95 bits per heavy atom. The topological polar surface area (TPSA) is 157 Å². The standard InChI is InChI=1S/C32H50N2O8/c1-17(2)11-19-5-6-21-20-7-8-23-22-15-40-16-32(23,24(20)12-25(35)28(21)27(19)30(36)37)13-26(42-31(38)39)29(22)41-14-18(3)34-10-4-9-33/h12,17-23,26-29,34H,4-11,13-16,33H2,1-3H3,(H,36,37)(H,38,39)/t18?,19?,20?,21?,22?,23?,26-,27-,28?,29-,32-/m1/s1. The molecule has 0 aromatic heterocycles. The average Bonchev–Trinajstić information content (AvgIpc) is 2.92. The number of rotatable bonds is 11. The number of carboxylic acid groups (broad SMARTS) is 2. The van der Waals surface area contributed by atoms with Gasteiger partial charge in [0.15, 0.2) is 5.78 Å². The molecule has 4 aliphatic carbocycles. The summed E-state index contributed by atoms with van der Waals surface area (Å²) in [6, 6.07) is 0.0672. The van der Waals surface area contributed by atoms with E-state index in [4.69, 9.17) is 19.9 Å². The Kier molecular flexibility index (Phi) is 9.67. The molecule has 0 spiro atoms. The second kappa shape index (κ2) is 12.9. The van der Waals surface area contributed by atoms with Gasteiger partial charge in [-0.05, 0) is 101 Å². The molecule has 1 aliphatic heterocycles. The Morgan fingerprint density at radius 3 is 2.64 bits per heavy atom. The Morgan fingerprint density at radius 1 is 1.17 bits per heavy atom. The number of allylic oxidation sites excluding steroid dienone is 1. The Labute approximate surface area is 249 Å². The number of carboxylic acids is 1. The van der Waals surface area contributed by atoms with Crippen molar-refractivity contribution in [1.82, 2.24) is 5.32 Å². The van der Waals surface area contributed by atoms with Crippen molar-refractivity contribution in [2.24, 2.45) is 58.5 Å². The summed E-state index contributed by atoms with van der Waals surface area (Å²) in [5, 5.41) is 23.4. The number of hydrogen-bond donors (Lipinski definition) is 4. The average molecular weight is 591 g/mol. The van der Waals surface area contributed by atoms with Crippen molar-refractivity contribution in [2.75, 3.05) is 32.9 Å². The molecule has 5 N–H and O–H groups in total. The molecule has 5 rings (SSSR count). The molecule has 1 saturated heterocycles. The zero-order valence-corrected chi connectivity index (χ0v) is 25.3. The number of carbonyl (C=O) groups is 3. The number of ketones is 1.